The van der Waals surface area contributed by atoms with Gasteiger partial charge >= 0.3 is 0 Å². The number of halogens is 1. The molecule has 0 amide bonds. The Morgan fingerprint density at radius 1 is 1.20 bits per heavy atom. The van der Waals surface area contributed by atoms with Crippen molar-refractivity contribution in [1.82, 2.24) is 4.98 Å². The van der Waals surface area contributed by atoms with Crippen LogP contribution in [0.15, 0.2) is 12.1 Å². The van der Waals surface area contributed by atoms with Gasteiger partial charge in [0.1, 0.15) is 5.82 Å². The molecule has 1 aromatic rings. The number of piperidine rings is 1. The zero-order chi connectivity index (χ0) is 13.9. The van der Waals surface area contributed by atoms with Crippen LogP contribution in [0.3, 0.4) is 0 Å². The monoisotopic (exact) mass is 292 g/mol. The summed E-state index contributed by atoms with van der Waals surface area (Å²) in [6, 6.07) is 5.09. The van der Waals surface area contributed by atoms with Crippen LogP contribution in [0.1, 0.15) is 56.7 Å². The minimum atomic E-state index is 0.588. The van der Waals surface area contributed by atoms with Crippen LogP contribution in [-0.2, 0) is 12.3 Å². The van der Waals surface area contributed by atoms with Crippen LogP contribution in [0.2, 0.25) is 0 Å². The first kappa shape index (κ1) is 14.2. The lowest BCUT2D eigenvalue weighted by Gasteiger charge is -2.45. The fourth-order valence-electron chi connectivity index (χ4n) is 3.95. The van der Waals surface area contributed by atoms with E-state index in [1.807, 2.05) is 0 Å². The summed E-state index contributed by atoms with van der Waals surface area (Å²) in [5, 5.41) is 0. The molecule has 110 valence electrons. The zero-order valence-corrected chi connectivity index (χ0v) is 13.2. The fourth-order valence-corrected chi connectivity index (χ4v) is 4.10. The molecule has 1 aliphatic carbocycles. The molecule has 1 saturated heterocycles. The van der Waals surface area contributed by atoms with E-state index in [-0.39, 0.29) is 0 Å². The molecule has 1 aromatic heterocycles. The molecule has 0 bridgehead atoms. The van der Waals surface area contributed by atoms with Gasteiger partial charge in [0.2, 0.25) is 0 Å². The zero-order valence-electron chi connectivity index (χ0n) is 12.4. The topological polar surface area (TPSA) is 16.1 Å². The van der Waals surface area contributed by atoms with Crippen molar-refractivity contribution in [3.05, 3.63) is 23.4 Å². The summed E-state index contributed by atoms with van der Waals surface area (Å²) in [6.07, 6.45) is 9.28. The van der Waals surface area contributed by atoms with Gasteiger partial charge in [-0.2, -0.15) is 0 Å². The van der Waals surface area contributed by atoms with Gasteiger partial charge in [0.15, 0.2) is 0 Å². The van der Waals surface area contributed by atoms with E-state index in [0.29, 0.717) is 5.88 Å². The van der Waals surface area contributed by atoms with E-state index in [1.54, 1.807) is 0 Å². The molecule has 2 heterocycles. The van der Waals surface area contributed by atoms with E-state index in [1.165, 1.54) is 62.1 Å². The second-order valence-corrected chi connectivity index (χ2v) is 6.53. The second kappa shape index (κ2) is 6.34. The Hall–Kier alpha value is -0.760. The molecule has 0 unspecified atom stereocenters. The molecular weight excluding hydrogens is 268 g/mol. The molecule has 3 rings (SSSR count). The second-order valence-electron chi connectivity index (χ2n) is 6.26. The highest BCUT2D eigenvalue weighted by atomic mass is 35.5. The quantitative estimate of drug-likeness (QED) is 0.760. The first-order valence-corrected chi connectivity index (χ1v) is 8.67. The van der Waals surface area contributed by atoms with Crippen molar-refractivity contribution in [3.8, 4) is 0 Å². The standard InChI is InChI=1S/C17H25ClN2/c1-2-15-10-13(12-18)11-17(19-15)20-9-5-7-14-6-3-4-8-16(14)20/h10-11,14,16H,2-9,12H2,1H3/t14-,16-/m1/s1. The normalized spacial score (nSPS) is 26.4. The van der Waals surface area contributed by atoms with Gasteiger partial charge in [-0.15, -0.1) is 11.6 Å². The lowest BCUT2D eigenvalue weighted by Crippen LogP contribution is -2.47. The smallest absolute Gasteiger partial charge is 0.129 e. The predicted molar refractivity (Wildman–Crippen MR) is 85.5 cm³/mol. The number of aryl methyl sites for hydroxylation is 1. The van der Waals surface area contributed by atoms with Crippen molar-refractivity contribution in [2.75, 3.05) is 11.4 Å². The Morgan fingerprint density at radius 2 is 2.00 bits per heavy atom. The van der Waals surface area contributed by atoms with E-state index < -0.39 is 0 Å². The molecule has 1 saturated carbocycles. The number of aromatic nitrogens is 1. The van der Waals surface area contributed by atoms with Crippen LogP contribution < -0.4 is 4.90 Å². The Labute approximate surface area is 127 Å². The Morgan fingerprint density at radius 3 is 2.80 bits per heavy atom. The van der Waals surface area contributed by atoms with Crippen molar-refractivity contribution >= 4 is 17.4 Å². The summed E-state index contributed by atoms with van der Waals surface area (Å²) < 4.78 is 0. The molecule has 2 fully saturated rings. The van der Waals surface area contributed by atoms with E-state index in [4.69, 9.17) is 16.6 Å². The fraction of sp³-hybridized carbons (Fsp3) is 0.706. The molecule has 2 atom stereocenters. The van der Waals surface area contributed by atoms with Gasteiger partial charge in [-0.1, -0.05) is 19.8 Å². The van der Waals surface area contributed by atoms with Gasteiger partial charge in [0, 0.05) is 24.2 Å². The van der Waals surface area contributed by atoms with Gasteiger partial charge in [-0.05, 0) is 55.7 Å². The molecule has 2 nitrogen and oxygen atoms in total. The average Bonchev–Trinajstić information content (AvgIpc) is 2.53. The van der Waals surface area contributed by atoms with Gasteiger partial charge in [0.25, 0.3) is 0 Å². The first-order chi connectivity index (χ1) is 9.81. The highest BCUT2D eigenvalue weighted by Gasteiger charge is 2.33. The molecule has 3 heteroatoms. The maximum Gasteiger partial charge on any atom is 0.129 e. The Balaban J connectivity index is 1.90. The summed E-state index contributed by atoms with van der Waals surface area (Å²) in [4.78, 5) is 7.47. The molecule has 20 heavy (non-hydrogen) atoms. The summed E-state index contributed by atoms with van der Waals surface area (Å²) in [6.45, 7) is 3.34. The van der Waals surface area contributed by atoms with Crippen molar-refractivity contribution in [2.45, 2.75) is 63.8 Å². The minimum absolute atomic E-state index is 0.588. The molecule has 0 spiro atoms. The van der Waals surface area contributed by atoms with Crippen molar-refractivity contribution in [3.63, 3.8) is 0 Å². The Bertz CT molecular complexity index is 436. The number of anilines is 1. The van der Waals surface area contributed by atoms with Gasteiger partial charge in [-0.25, -0.2) is 4.98 Å². The molecule has 0 radical (unpaired) electrons. The van der Waals surface area contributed by atoms with Crippen LogP contribution >= 0.6 is 11.6 Å². The van der Waals surface area contributed by atoms with E-state index in [9.17, 15) is 0 Å². The number of rotatable bonds is 3. The van der Waals surface area contributed by atoms with E-state index in [0.717, 1.165) is 18.4 Å². The number of alkyl halides is 1. The average molecular weight is 293 g/mol. The lowest BCUT2D eigenvalue weighted by molar-refractivity contribution is 0.242. The van der Waals surface area contributed by atoms with Crippen LogP contribution in [0, 0.1) is 5.92 Å². The first-order valence-electron chi connectivity index (χ1n) is 8.14. The maximum atomic E-state index is 6.06. The highest BCUT2D eigenvalue weighted by molar-refractivity contribution is 6.17. The molecule has 2 aliphatic rings. The predicted octanol–water partition coefficient (Wildman–Crippen LogP) is 4.54. The minimum Gasteiger partial charge on any atom is -0.353 e. The SMILES string of the molecule is CCc1cc(CCl)cc(N2CCC[C@H]3CCCC[C@H]32)n1. The van der Waals surface area contributed by atoms with E-state index in [2.05, 4.69) is 24.0 Å². The number of pyridine rings is 1. The third-order valence-electron chi connectivity index (χ3n) is 4.98. The molecule has 0 N–H and O–H groups in total. The third-order valence-corrected chi connectivity index (χ3v) is 5.29. The van der Waals surface area contributed by atoms with Crippen molar-refractivity contribution in [2.24, 2.45) is 5.92 Å². The number of hydrogen-bond acceptors (Lipinski definition) is 2. The van der Waals surface area contributed by atoms with Crippen LogP contribution in [0.25, 0.3) is 0 Å². The third kappa shape index (κ3) is 2.81. The van der Waals surface area contributed by atoms with Crippen LogP contribution in [0.4, 0.5) is 5.82 Å². The molecule has 1 aliphatic heterocycles. The number of hydrogen-bond donors (Lipinski definition) is 0. The van der Waals surface area contributed by atoms with Crippen molar-refractivity contribution < 1.29 is 0 Å². The largest absolute Gasteiger partial charge is 0.353 e. The number of fused-ring (bicyclic) bond motifs is 1. The highest BCUT2D eigenvalue weighted by Crippen LogP contribution is 2.37. The van der Waals surface area contributed by atoms with Gasteiger partial charge in [0.05, 0.1) is 0 Å². The van der Waals surface area contributed by atoms with Gasteiger partial charge in [-0.3, -0.25) is 0 Å². The number of nitrogens with zero attached hydrogens (tertiary/aromatic N) is 2. The lowest BCUT2D eigenvalue weighted by atomic mass is 9.78. The van der Waals surface area contributed by atoms with Gasteiger partial charge < -0.3 is 4.90 Å². The summed E-state index contributed by atoms with van der Waals surface area (Å²) in [7, 11) is 0. The maximum absolute atomic E-state index is 6.06. The summed E-state index contributed by atoms with van der Waals surface area (Å²) >= 11 is 6.06. The van der Waals surface area contributed by atoms with Crippen LogP contribution in [0.5, 0.6) is 0 Å². The van der Waals surface area contributed by atoms with E-state index >= 15 is 0 Å². The Kier molecular flexibility index (Phi) is 4.50. The van der Waals surface area contributed by atoms with Crippen LogP contribution in [-0.4, -0.2) is 17.6 Å². The summed E-state index contributed by atoms with van der Waals surface area (Å²) in [5.74, 6) is 2.66. The summed E-state index contributed by atoms with van der Waals surface area (Å²) in [5.41, 5.74) is 2.39. The van der Waals surface area contributed by atoms with Crippen molar-refractivity contribution in [1.29, 1.82) is 0 Å². The molecular formula is C17H25ClN2. The molecule has 0 aromatic carbocycles.